The highest BCUT2D eigenvalue weighted by Crippen LogP contribution is 2.25. The van der Waals surface area contributed by atoms with E-state index in [1.807, 2.05) is 10.9 Å². The van der Waals surface area contributed by atoms with Crippen LogP contribution in [0.25, 0.3) is 0 Å². The van der Waals surface area contributed by atoms with Crippen molar-refractivity contribution in [1.29, 1.82) is 0 Å². The number of hydrogen-bond donors (Lipinski definition) is 2. The predicted octanol–water partition coefficient (Wildman–Crippen LogP) is 0.644. The number of pyridine rings is 1. The number of amides is 2. The number of hydrogen-bond acceptors (Lipinski definition) is 4. The molecule has 0 saturated heterocycles. The molecule has 10 heteroatoms. The summed E-state index contributed by atoms with van der Waals surface area (Å²) in [7, 11) is 0. The molecular formula is C11H12F3N3O4. The molecule has 0 aliphatic rings. The van der Waals surface area contributed by atoms with Crippen LogP contribution in [0.4, 0.5) is 18.0 Å². The third-order valence-corrected chi connectivity index (χ3v) is 2.22. The van der Waals surface area contributed by atoms with Gasteiger partial charge in [-0.25, -0.2) is 10.2 Å². The van der Waals surface area contributed by atoms with Crippen molar-refractivity contribution in [3.63, 3.8) is 0 Å². The molecule has 0 aliphatic heterocycles. The highest BCUT2D eigenvalue weighted by molar-refractivity contribution is 5.78. The van der Waals surface area contributed by atoms with Gasteiger partial charge >= 0.3 is 12.3 Å². The smallest absolute Gasteiger partial charge is 0.426 e. The first kappa shape index (κ1) is 16.5. The zero-order valence-electron chi connectivity index (χ0n) is 10.9. The summed E-state index contributed by atoms with van der Waals surface area (Å²) in [5.41, 5.74) is 1.04. The number of carbonyl (C=O) groups excluding carboxylic acids is 2. The summed E-state index contributed by atoms with van der Waals surface area (Å²) in [5.74, 6) is -0.885. The van der Waals surface area contributed by atoms with Gasteiger partial charge in [0.1, 0.15) is 12.1 Å². The molecule has 0 aromatic carbocycles. The molecule has 2 amide bonds. The van der Waals surface area contributed by atoms with Gasteiger partial charge in [0.05, 0.1) is 6.61 Å². The average molecular weight is 307 g/mol. The summed E-state index contributed by atoms with van der Waals surface area (Å²) in [6.07, 6.45) is -4.71. The molecule has 116 valence electrons. The highest BCUT2D eigenvalue weighted by atomic mass is 19.4. The van der Waals surface area contributed by atoms with Crippen molar-refractivity contribution in [2.24, 2.45) is 0 Å². The van der Waals surface area contributed by atoms with E-state index < -0.39 is 35.8 Å². The molecule has 0 atom stereocenters. The second kappa shape index (κ2) is 6.77. The molecule has 1 rings (SSSR count). The standard InChI is InChI=1S/C11H12F3N3O4/c1-2-21-10(20)16-15-8(18)6-17-5-3-4-7(9(17)19)11(12,13)14/h3-5H,2,6H2,1H3,(H,15,18)(H,16,20). The summed E-state index contributed by atoms with van der Waals surface area (Å²) < 4.78 is 42.6. The second-order valence-electron chi connectivity index (χ2n) is 3.75. The number of nitrogens with zero attached hydrogens (tertiary/aromatic N) is 1. The van der Waals surface area contributed by atoms with Crippen molar-refractivity contribution in [3.8, 4) is 0 Å². The van der Waals surface area contributed by atoms with E-state index >= 15 is 0 Å². The van der Waals surface area contributed by atoms with Crippen LogP contribution in [-0.4, -0.2) is 23.2 Å². The molecule has 1 heterocycles. The number of aromatic nitrogens is 1. The normalized spacial score (nSPS) is 10.9. The van der Waals surface area contributed by atoms with Crippen molar-refractivity contribution < 1.29 is 27.5 Å². The van der Waals surface area contributed by atoms with E-state index in [1.54, 1.807) is 6.92 Å². The Kier molecular flexibility index (Phi) is 5.33. The molecule has 0 unspecified atom stereocenters. The van der Waals surface area contributed by atoms with Gasteiger partial charge < -0.3 is 9.30 Å². The Hall–Kier alpha value is -2.52. The number of nitrogens with one attached hydrogen (secondary N) is 2. The largest absolute Gasteiger partial charge is 0.449 e. The van der Waals surface area contributed by atoms with Gasteiger partial charge in [-0.1, -0.05) is 0 Å². The first-order valence-electron chi connectivity index (χ1n) is 5.74. The minimum Gasteiger partial charge on any atom is -0.449 e. The van der Waals surface area contributed by atoms with Crippen LogP contribution >= 0.6 is 0 Å². The van der Waals surface area contributed by atoms with Gasteiger partial charge in [-0.2, -0.15) is 13.2 Å². The molecule has 7 nitrogen and oxygen atoms in total. The van der Waals surface area contributed by atoms with E-state index in [4.69, 9.17) is 0 Å². The maximum atomic E-state index is 12.5. The summed E-state index contributed by atoms with van der Waals surface area (Å²) in [4.78, 5) is 33.8. The molecule has 0 radical (unpaired) electrons. The van der Waals surface area contributed by atoms with E-state index in [2.05, 4.69) is 4.74 Å². The van der Waals surface area contributed by atoms with Crippen LogP contribution < -0.4 is 16.4 Å². The number of alkyl halides is 3. The molecule has 0 aliphatic carbocycles. The Morgan fingerprint density at radius 3 is 2.57 bits per heavy atom. The number of rotatable bonds is 3. The number of ether oxygens (including phenoxy) is 1. The van der Waals surface area contributed by atoms with E-state index in [0.717, 1.165) is 12.3 Å². The fourth-order valence-electron chi connectivity index (χ4n) is 1.36. The molecular weight excluding hydrogens is 295 g/mol. The van der Waals surface area contributed by atoms with Crippen LogP contribution in [-0.2, 0) is 22.3 Å². The molecule has 2 N–H and O–H groups in total. The van der Waals surface area contributed by atoms with Crippen molar-refractivity contribution in [3.05, 3.63) is 34.2 Å². The van der Waals surface area contributed by atoms with E-state index in [1.165, 1.54) is 0 Å². The van der Waals surface area contributed by atoms with Gasteiger partial charge in [0.2, 0.25) is 0 Å². The topological polar surface area (TPSA) is 89.4 Å². The number of hydrazine groups is 1. The molecule has 1 aromatic rings. The van der Waals surface area contributed by atoms with Crippen molar-refractivity contribution in [2.45, 2.75) is 19.6 Å². The van der Waals surface area contributed by atoms with Gasteiger partial charge in [-0.3, -0.25) is 15.0 Å². The Bertz CT molecular complexity index is 583. The highest BCUT2D eigenvalue weighted by Gasteiger charge is 2.34. The Labute approximate surface area is 116 Å². The van der Waals surface area contributed by atoms with E-state index in [9.17, 15) is 27.6 Å². The summed E-state index contributed by atoms with van der Waals surface area (Å²) in [5, 5.41) is 0. The van der Waals surface area contributed by atoms with Crippen LogP contribution in [0, 0.1) is 0 Å². The summed E-state index contributed by atoms with van der Waals surface area (Å²) in [6, 6.07) is 1.61. The van der Waals surface area contributed by atoms with Crippen LogP contribution in [0.2, 0.25) is 0 Å². The van der Waals surface area contributed by atoms with E-state index in [-0.39, 0.29) is 6.61 Å². The average Bonchev–Trinajstić information content (AvgIpc) is 2.38. The Morgan fingerprint density at radius 1 is 1.33 bits per heavy atom. The van der Waals surface area contributed by atoms with Crippen LogP contribution in [0.3, 0.4) is 0 Å². The van der Waals surface area contributed by atoms with Crippen molar-refractivity contribution in [2.75, 3.05) is 6.61 Å². The fourth-order valence-corrected chi connectivity index (χ4v) is 1.36. The van der Waals surface area contributed by atoms with Crippen molar-refractivity contribution in [1.82, 2.24) is 15.4 Å². The summed E-state index contributed by atoms with van der Waals surface area (Å²) in [6.45, 7) is 0.938. The predicted molar refractivity (Wildman–Crippen MR) is 64.0 cm³/mol. The minimum absolute atomic E-state index is 0.0782. The molecule has 0 saturated carbocycles. The van der Waals surface area contributed by atoms with Gasteiger partial charge in [-0.15, -0.1) is 0 Å². The molecule has 0 spiro atoms. The Balaban J connectivity index is 2.74. The molecule has 0 fully saturated rings. The molecule has 1 aromatic heterocycles. The monoisotopic (exact) mass is 307 g/mol. The Morgan fingerprint density at radius 2 is 2.00 bits per heavy atom. The van der Waals surface area contributed by atoms with Crippen LogP contribution in [0.1, 0.15) is 12.5 Å². The first-order valence-corrected chi connectivity index (χ1v) is 5.74. The van der Waals surface area contributed by atoms with Gasteiger partial charge in [-0.05, 0) is 19.1 Å². The fraction of sp³-hybridized carbons (Fsp3) is 0.364. The van der Waals surface area contributed by atoms with Crippen molar-refractivity contribution >= 4 is 12.0 Å². The van der Waals surface area contributed by atoms with E-state index in [0.29, 0.717) is 10.6 Å². The SMILES string of the molecule is CCOC(=O)NNC(=O)Cn1cccc(C(F)(F)F)c1=O. The zero-order valence-corrected chi connectivity index (χ0v) is 10.9. The lowest BCUT2D eigenvalue weighted by Crippen LogP contribution is -2.44. The van der Waals surface area contributed by atoms with Gasteiger partial charge in [0.15, 0.2) is 0 Å². The maximum absolute atomic E-state index is 12.5. The quantitative estimate of drug-likeness (QED) is 0.802. The zero-order chi connectivity index (χ0) is 16.0. The second-order valence-corrected chi connectivity index (χ2v) is 3.75. The first-order chi connectivity index (χ1) is 9.75. The molecule has 0 bridgehead atoms. The third-order valence-electron chi connectivity index (χ3n) is 2.22. The lowest BCUT2D eigenvalue weighted by molar-refractivity contribution is -0.139. The van der Waals surface area contributed by atoms with Crippen LogP contribution in [0.15, 0.2) is 23.1 Å². The number of carbonyl (C=O) groups is 2. The maximum Gasteiger partial charge on any atom is 0.426 e. The summed E-state index contributed by atoms with van der Waals surface area (Å²) >= 11 is 0. The molecule has 21 heavy (non-hydrogen) atoms. The minimum atomic E-state index is -4.81. The lowest BCUT2D eigenvalue weighted by atomic mass is 10.2. The van der Waals surface area contributed by atoms with Gasteiger partial charge in [0, 0.05) is 6.20 Å². The van der Waals surface area contributed by atoms with Gasteiger partial charge in [0.25, 0.3) is 11.5 Å². The number of halogens is 3. The lowest BCUT2D eigenvalue weighted by Gasteiger charge is -2.11. The third kappa shape index (κ3) is 4.82. The van der Waals surface area contributed by atoms with Crippen LogP contribution in [0.5, 0.6) is 0 Å².